The van der Waals surface area contributed by atoms with E-state index in [9.17, 15) is 23.5 Å². The van der Waals surface area contributed by atoms with E-state index in [1.807, 2.05) is 12.1 Å². The molecular formula is C24H22F2N4O4. The summed E-state index contributed by atoms with van der Waals surface area (Å²) in [4.78, 5) is 25.9. The first-order valence-electron chi connectivity index (χ1n) is 11.0. The molecule has 1 aliphatic carbocycles. The Kier molecular flexibility index (Phi) is 5.51. The van der Waals surface area contributed by atoms with E-state index in [-0.39, 0.29) is 29.5 Å². The molecule has 2 fully saturated rings. The summed E-state index contributed by atoms with van der Waals surface area (Å²) in [5.41, 5.74) is 1.97. The van der Waals surface area contributed by atoms with E-state index in [0.29, 0.717) is 11.3 Å². The molecule has 10 heteroatoms. The summed E-state index contributed by atoms with van der Waals surface area (Å²) in [6.45, 7) is 1.61. The Morgan fingerprint density at radius 3 is 2.47 bits per heavy atom. The molecule has 3 aromatic rings. The average molecular weight is 468 g/mol. The number of carbonyl (C=O) groups is 2. The molecule has 1 unspecified atom stereocenters. The number of amides is 1. The van der Waals surface area contributed by atoms with Gasteiger partial charge in [0.15, 0.2) is 11.6 Å². The zero-order valence-electron chi connectivity index (χ0n) is 18.1. The Morgan fingerprint density at radius 2 is 1.82 bits per heavy atom. The summed E-state index contributed by atoms with van der Waals surface area (Å²) in [6.07, 6.45) is 2.58. The fraction of sp³-hybridized carbons (Fsp3) is 0.333. The molecule has 1 aromatic heterocycles. The Bertz CT molecular complexity index is 1240. The highest BCUT2D eigenvalue weighted by molar-refractivity contribution is 6.00. The van der Waals surface area contributed by atoms with E-state index in [1.165, 1.54) is 6.07 Å². The lowest BCUT2D eigenvalue weighted by molar-refractivity contribution is -0.139. The molecule has 5 rings (SSSR count). The van der Waals surface area contributed by atoms with Crippen LogP contribution in [0.5, 0.6) is 0 Å². The van der Waals surface area contributed by atoms with E-state index in [2.05, 4.69) is 20.4 Å². The van der Waals surface area contributed by atoms with Crippen molar-refractivity contribution in [1.82, 2.24) is 10.2 Å². The third-order valence-corrected chi connectivity index (χ3v) is 6.74. The lowest BCUT2D eigenvalue weighted by atomic mass is 9.90. The summed E-state index contributed by atoms with van der Waals surface area (Å²) in [5, 5.41) is 19.5. The number of carboxylic acid groups (broad SMARTS) is 1. The highest BCUT2D eigenvalue weighted by atomic mass is 19.2. The van der Waals surface area contributed by atoms with Crippen LogP contribution in [0.1, 0.15) is 41.4 Å². The maximum atomic E-state index is 13.4. The molecule has 1 spiro atoms. The fourth-order valence-electron chi connectivity index (χ4n) is 4.64. The monoisotopic (exact) mass is 468 g/mol. The average Bonchev–Trinajstić information content (AvgIpc) is 3.32. The maximum Gasteiger partial charge on any atom is 0.313 e. The Balaban J connectivity index is 1.16. The minimum Gasteiger partial charge on any atom is -0.481 e. The number of carbonyl (C=O) groups excluding carboxylic acids is 1. The lowest BCUT2D eigenvalue weighted by Crippen LogP contribution is -2.35. The molecule has 2 aromatic carbocycles. The Morgan fingerprint density at radius 1 is 1.09 bits per heavy atom. The number of carboxylic acids is 1. The van der Waals surface area contributed by atoms with Crippen LogP contribution in [-0.2, 0) is 11.2 Å². The van der Waals surface area contributed by atoms with Crippen LogP contribution in [0.3, 0.4) is 0 Å². The SMILES string of the molecule is O=C(Nc1ccc(N2CCC3(CC2)CC3C(=O)O)cc1)c1nnc(Cc2ccc(F)c(F)c2)o1. The zero-order chi connectivity index (χ0) is 23.9. The predicted molar refractivity (Wildman–Crippen MR) is 117 cm³/mol. The van der Waals surface area contributed by atoms with Crippen molar-refractivity contribution < 1.29 is 27.9 Å². The number of halogens is 2. The van der Waals surface area contributed by atoms with E-state index in [0.717, 1.165) is 50.2 Å². The third-order valence-electron chi connectivity index (χ3n) is 6.74. The van der Waals surface area contributed by atoms with Gasteiger partial charge in [-0.3, -0.25) is 9.59 Å². The third kappa shape index (κ3) is 4.35. The summed E-state index contributed by atoms with van der Waals surface area (Å²) >= 11 is 0. The van der Waals surface area contributed by atoms with Crippen LogP contribution in [0.15, 0.2) is 46.9 Å². The molecule has 0 radical (unpaired) electrons. The van der Waals surface area contributed by atoms with Gasteiger partial charge in [0.25, 0.3) is 0 Å². The number of hydrogen-bond donors (Lipinski definition) is 2. The second-order valence-corrected chi connectivity index (χ2v) is 8.87. The standard InChI is InChI=1S/C24H22F2N4O4/c25-18-6-1-14(11-19(18)26)12-20-28-29-22(34-20)21(31)27-15-2-4-16(5-3-15)30-9-7-24(8-10-30)13-17(24)23(32)33/h1-6,11,17H,7-10,12-13H2,(H,27,31)(H,32,33). The first kappa shape index (κ1) is 22.0. The molecule has 1 saturated carbocycles. The second-order valence-electron chi connectivity index (χ2n) is 8.87. The number of aliphatic carboxylic acids is 1. The molecule has 1 saturated heterocycles. The first-order valence-corrected chi connectivity index (χ1v) is 11.0. The minimum atomic E-state index is -0.973. The molecule has 0 bridgehead atoms. The number of anilines is 2. The van der Waals surface area contributed by atoms with Crippen LogP contribution in [0, 0.1) is 23.0 Å². The van der Waals surface area contributed by atoms with Crippen molar-refractivity contribution in [2.24, 2.45) is 11.3 Å². The van der Waals surface area contributed by atoms with Crippen LogP contribution in [-0.4, -0.2) is 40.3 Å². The van der Waals surface area contributed by atoms with Gasteiger partial charge in [-0.05, 0) is 66.6 Å². The first-order chi connectivity index (χ1) is 16.3. The molecule has 176 valence electrons. The van der Waals surface area contributed by atoms with Gasteiger partial charge in [0.1, 0.15) is 0 Å². The zero-order valence-corrected chi connectivity index (χ0v) is 18.1. The van der Waals surface area contributed by atoms with Gasteiger partial charge < -0.3 is 19.7 Å². The van der Waals surface area contributed by atoms with E-state index >= 15 is 0 Å². The van der Waals surface area contributed by atoms with Crippen LogP contribution in [0.4, 0.5) is 20.2 Å². The Labute approximate surface area is 193 Å². The van der Waals surface area contributed by atoms with Crippen LogP contribution < -0.4 is 10.2 Å². The maximum absolute atomic E-state index is 13.4. The van der Waals surface area contributed by atoms with Gasteiger partial charge in [-0.1, -0.05) is 6.07 Å². The van der Waals surface area contributed by atoms with Gasteiger partial charge in [-0.25, -0.2) is 8.78 Å². The van der Waals surface area contributed by atoms with E-state index in [1.54, 1.807) is 12.1 Å². The molecule has 2 heterocycles. The minimum absolute atomic E-state index is 0.0238. The van der Waals surface area contributed by atoms with Gasteiger partial charge in [-0.2, -0.15) is 0 Å². The van der Waals surface area contributed by atoms with Gasteiger partial charge in [0, 0.05) is 24.5 Å². The number of nitrogens with zero attached hydrogens (tertiary/aromatic N) is 3. The smallest absolute Gasteiger partial charge is 0.313 e. The normalized spacial score (nSPS) is 18.6. The summed E-state index contributed by atoms with van der Waals surface area (Å²) in [5.74, 6) is -3.51. The van der Waals surface area contributed by atoms with E-state index in [4.69, 9.17) is 4.42 Å². The summed E-state index contributed by atoms with van der Waals surface area (Å²) in [7, 11) is 0. The number of rotatable bonds is 6. The summed E-state index contributed by atoms with van der Waals surface area (Å²) < 4.78 is 31.8. The van der Waals surface area contributed by atoms with Crippen LogP contribution in [0.2, 0.25) is 0 Å². The number of aromatic nitrogens is 2. The van der Waals surface area contributed by atoms with Crippen molar-refractivity contribution >= 4 is 23.3 Å². The van der Waals surface area contributed by atoms with Crippen molar-refractivity contribution in [1.29, 1.82) is 0 Å². The van der Waals surface area contributed by atoms with Crippen LogP contribution >= 0.6 is 0 Å². The van der Waals surface area contributed by atoms with Gasteiger partial charge >= 0.3 is 17.8 Å². The van der Waals surface area contributed by atoms with Gasteiger partial charge in [0.05, 0.1) is 12.3 Å². The molecule has 2 aliphatic rings. The predicted octanol–water partition coefficient (Wildman–Crippen LogP) is 3.88. The number of nitrogens with one attached hydrogen (secondary N) is 1. The number of benzene rings is 2. The highest BCUT2D eigenvalue weighted by Gasteiger charge is 2.58. The van der Waals surface area contributed by atoms with Crippen molar-refractivity contribution in [3.05, 3.63) is 71.4 Å². The molecule has 1 aliphatic heterocycles. The van der Waals surface area contributed by atoms with E-state index < -0.39 is 23.5 Å². The molecule has 8 nitrogen and oxygen atoms in total. The molecule has 1 atom stereocenters. The molecule has 2 N–H and O–H groups in total. The van der Waals surface area contributed by atoms with Crippen molar-refractivity contribution in [3.63, 3.8) is 0 Å². The number of hydrogen-bond acceptors (Lipinski definition) is 6. The topological polar surface area (TPSA) is 109 Å². The van der Waals surface area contributed by atoms with Crippen molar-refractivity contribution in [3.8, 4) is 0 Å². The molecule has 1 amide bonds. The van der Waals surface area contributed by atoms with Gasteiger partial charge in [0.2, 0.25) is 5.89 Å². The second kappa shape index (κ2) is 8.51. The summed E-state index contributed by atoms with van der Waals surface area (Å²) in [6, 6.07) is 10.8. The fourth-order valence-corrected chi connectivity index (χ4v) is 4.64. The van der Waals surface area contributed by atoms with Gasteiger partial charge in [-0.15, -0.1) is 10.2 Å². The molecule has 34 heavy (non-hydrogen) atoms. The highest BCUT2D eigenvalue weighted by Crippen LogP contribution is 2.59. The lowest BCUT2D eigenvalue weighted by Gasteiger charge is -2.34. The van der Waals surface area contributed by atoms with Crippen molar-refractivity contribution in [2.75, 3.05) is 23.3 Å². The molecular weight excluding hydrogens is 446 g/mol. The Hall–Kier alpha value is -3.82. The quantitative estimate of drug-likeness (QED) is 0.565. The number of piperidine rings is 1. The van der Waals surface area contributed by atoms with Crippen LogP contribution in [0.25, 0.3) is 0 Å². The largest absolute Gasteiger partial charge is 0.481 e. The van der Waals surface area contributed by atoms with Crippen molar-refractivity contribution in [2.45, 2.75) is 25.7 Å².